The molecule has 0 saturated carbocycles. The molecule has 0 saturated heterocycles. The van der Waals surface area contributed by atoms with Crippen molar-refractivity contribution in [3.8, 4) is 0 Å². The van der Waals surface area contributed by atoms with Crippen LogP contribution in [-0.4, -0.2) is 18.0 Å². The van der Waals surface area contributed by atoms with Crippen LogP contribution in [-0.2, 0) is 6.18 Å². The van der Waals surface area contributed by atoms with Gasteiger partial charge >= 0.3 is 6.18 Å². The van der Waals surface area contributed by atoms with Gasteiger partial charge in [-0.2, -0.15) is 18.3 Å². The maximum atomic E-state index is 12.2. The van der Waals surface area contributed by atoms with E-state index in [-0.39, 0.29) is 11.4 Å². The number of amides is 1. The molecule has 1 aromatic carbocycles. The van der Waals surface area contributed by atoms with Gasteiger partial charge in [-0.1, -0.05) is 0 Å². The first-order valence-electron chi connectivity index (χ1n) is 4.50. The highest BCUT2D eigenvalue weighted by atomic mass is 35.5. The summed E-state index contributed by atoms with van der Waals surface area (Å²) in [4.78, 5) is 11.3. The molecule has 0 fully saturated rings. The molecule has 0 aliphatic carbocycles. The van der Waals surface area contributed by atoms with Gasteiger partial charge in [-0.15, -0.1) is 11.6 Å². The molecule has 0 heterocycles. The van der Waals surface area contributed by atoms with Crippen molar-refractivity contribution in [2.75, 3.05) is 5.88 Å². The van der Waals surface area contributed by atoms with Crippen molar-refractivity contribution in [1.29, 1.82) is 0 Å². The highest BCUT2D eigenvalue weighted by Crippen LogP contribution is 2.28. The number of hydrazone groups is 1. The number of hydrogen-bond donors (Lipinski definition) is 1. The number of rotatable bonds is 3. The van der Waals surface area contributed by atoms with E-state index < -0.39 is 17.6 Å². The molecule has 3 nitrogen and oxygen atoms in total. The molecule has 0 bridgehead atoms. The Morgan fingerprint density at radius 3 is 2.41 bits per heavy atom. The lowest BCUT2D eigenvalue weighted by Crippen LogP contribution is -2.18. The van der Waals surface area contributed by atoms with Crippen LogP contribution in [0.25, 0.3) is 0 Å². The Balaban J connectivity index is 2.74. The summed E-state index contributed by atoms with van der Waals surface area (Å²) < 4.78 is 36.7. The molecule has 1 rings (SSSR count). The molecule has 17 heavy (non-hydrogen) atoms. The molecular weight excluding hydrogens is 257 g/mol. The lowest BCUT2D eigenvalue weighted by atomic mass is 10.1. The first-order valence-corrected chi connectivity index (χ1v) is 5.03. The summed E-state index contributed by atoms with van der Waals surface area (Å²) >= 11 is 5.28. The summed E-state index contributed by atoms with van der Waals surface area (Å²) in [6, 6.07) is 3.82. The van der Waals surface area contributed by atoms with Crippen LogP contribution >= 0.6 is 11.6 Å². The number of alkyl halides is 4. The quantitative estimate of drug-likeness (QED) is 0.509. The molecule has 0 aliphatic heterocycles. The van der Waals surface area contributed by atoms with Crippen molar-refractivity contribution < 1.29 is 18.0 Å². The van der Waals surface area contributed by atoms with Crippen LogP contribution in [0.3, 0.4) is 0 Å². The Kier molecular flexibility index (Phi) is 4.51. The molecule has 0 atom stereocenters. The van der Waals surface area contributed by atoms with Crippen LogP contribution in [0, 0.1) is 0 Å². The minimum atomic E-state index is -4.41. The maximum Gasteiger partial charge on any atom is 0.416 e. The number of halogens is 4. The normalized spacial score (nSPS) is 11.8. The second-order valence-corrected chi connectivity index (χ2v) is 3.29. The predicted molar refractivity (Wildman–Crippen MR) is 58.1 cm³/mol. The van der Waals surface area contributed by atoms with Gasteiger partial charge in [-0.3, -0.25) is 4.79 Å². The number of nitrogens with zero attached hydrogens (tertiary/aromatic N) is 1. The van der Waals surface area contributed by atoms with Crippen LogP contribution in [0.4, 0.5) is 13.2 Å². The smallest absolute Gasteiger partial charge is 0.267 e. The molecule has 1 aromatic rings. The van der Waals surface area contributed by atoms with E-state index in [0.717, 1.165) is 24.3 Å². The van der Waals surface area contributed by atoms with Crippen molar-refractivity contribution in [2.24, 2.45) is 5.10 Å². The number of hydrogen-bond acceptors (Lipinski definition) is 2. The highest BCUT2D eigenvalue weighted by molar-refractivity contribution is 6.24. The lowest BCUT2D eigenvalue weighted by Gasteiger charge is -2.06. The fourth-order valence-electron chi connectivity index (χ4n) is 1.01. The molecule has 92 valence electrons. The standard InChI is InChI=1S/C10H8ClF3N2O/c11-5-6-15-16-9(17)7-1-3-8(4-2-7)10(12,13)14/h1-4,6H,5H2,(H,16,17)/b15-6+. The summed E-state index contributed by atoms with van der Waals surface area (Å²) in [5.74, 6) is -0.465. The molecular formula is C10H8ClF3N2O. The third-order valence-corrected chi connectivity index (χ3v) is 1.94. The summed E-state index contributed by atoms with van der Waals surface area (Å²) in [5, 5.41) is 3.46. The van der Waals surface area contributed by atoms with E-state index >= 15 is 0 Å². The fourth-order valence-corrected chi connectivity index (χ4v) is 1.08. The van der Waals surface area contributed by atoms with Gasteiger partial charge in [0.1, 0.15) is 0 Å². The average molecular weight is 265 g/mol. The molecule has 0 radical (unpaired) electrons. The van der Waals surface area contributed by atoms with Crippen molar-refractivity contribution in [2.45, 2.75) is 6.18 Å². The average Bonchev–Trinajstić information content (AvgIpc) is 2.28. The van der Waals surface area contributed by atoms with Gasteiger partial charge < -0.3 is 0 Å². The van der Waals surface area contributed by atoms with Gasteiger partial charge in [0.2, 0.25) is 0 Å². The molecule has 0 unspecified atom stereocenters. The Labute approximate surface area is 100 Å². The third-order valence-electron chi connectivity index (χ3n) is 1.80. The van der Waals surface area contributed by atoms with Gasteiger partial charge in [0.25, 0.3) is 5.91 Å². The van der Waals surface area contributed by atoms with Gasteiger partial charge in [0.15, 0.2) is 0 Å². The van der Waals surface area contributed by atoms with Crippen molar-refractivity contribution in [1.82, 2.24) is 5.43 Å². The summed E-state index contributed by atoms with van der Waals surface area (Å²) in [7, 11) is 0. The van der Waals surface area contributed by atoms with Crippen molar-refractivity contribution >= 4 is 23.7 Å². The molecule has 0 aromatic heterocycles. The van der Waals surface area contributed by atoms with Crippen molar-refractivity contribution in [3.63, 3.8) is 0 Å². The van der Waals surface area contributed by atoms with Crippen LogP contribution in [0.1, 0.15) is 15.9 Å². The molecule has 1 N–H and O–H groups in total. The molecule has 0 spiro atoms. The first-order chi connectivity index (χ1) is 7.95. The van der Waals surface area contributed by atoms with E-state index in [1.54, 1.807) is 0 Å². The van der Waals surface area contributed by atoms with E-state index in [1.807, 2.05) is 0 Å². The van der Waals surface area contributed by atoms with Gasteiger partial charge in [0, 0.05) is 11.8 Å². The number of nitrogens with one attached hydrogen (secondary N) is 1. The first kappa shape index (κ1) is 13.5. The fraction of sp³-hybridized carbons (Fsp3) is 0.200. The number of carbonyl (C=O) groups is 1. The zero-order chi connectivity index (χ0) is 12.9. The van der Waals surface area contributed by atoms with Crippen LogP contribution in [0.15, 0.2) is 29.4 Å². The Morgan fingerprint density at radius 1 is 1.35 bits per heavy atom. The Hall–Kier alpha value is -1.56. The van der Waals surface area contributed by atoms with E-state index in [9.17, 15) is 18.0 Å². The molecule has 0 aliphatic rings. The van der Waals surface area contributed by atoms with Crippen molar-refractivity contribution in [3.05, 3.63) is 35.4 Å². The predicted octanol–water partition coefficient (Wildman–Crippen LogP) is 2.66. The Bertz CT molecular complexity index is 415. The Morgan fingerprint density at radius 2 is 1.94 bits per heavy atom. The van der Waals surface area contributed by atoms with E-state index in [1.165, 1.54) is 6.21 Å². The molecule has 1 amide bonds. The van der Waals surface area contributed by atoms with Gasteiger partial charge in [-0.25, -0.2) is 5.43 Å². The largest absolute Gasteiger partial charge is 0.416 e. The minimum absolute atomic E-state index is 0.0877. The summed E-state index contributed by atoms with van der Waals surface area (Å²) in [6.45, 7) is 0. The lowest BCUT2D eigenvalue weighted by molar-refractivity contribution is -0.137. The topological polar surface area (TPSA) is 41.5 Å². The van der Waals surface area contributed by atoms with E-state index in [0.29, 0.717) is 0 Å². The van der Waals surface area contributed by atoms with Gasteiger partial charge in [-0.05, 0) is 24.3 Å². The highest BCUT2D eigenvalue weighted by Gasteiger charge is 2.30. The van der Waals surface area contributed by atoms with Crippen LogP contribution < -0.4 is 5.43 Å². The van der Waals surface area contributed by atoms with Crippen LogP contribution in [0.5, 0.6) is 0 Å². The van der Waals surface area contributed by atoms with E-state index in [4.69, 9.17) is 11.6 Å². The third kappa shape index (κ3) is 4.07. The monoisotopic (exact) mass is 264 g/mol. The minimum Gasteiger partial charge on any atom is -0.267 e. The second kappa shape index (κ2) is 5.67. The molecule has 7 heteroatoms. The van der Waals surface area contributed by atoms with Gasteiger partial charge in [0.05, 0.1) is 11.4 Å². The maximum absolute atomic E-state index is 12.2. The zero-order valence-electron chi connectivity index (χ0n) is 8.46. The SMILES string of the molecule is O=C(N/N=C/CCl)c1ccc(C(F)(F)F)cc1. The number of carbonyl (C=O) groups excluding carboxylic acids is 1. The second-order valence-electron chi connectivity index (χ2n) is 2.98. The van der Waals surface area contributed by atoms with Crippen LogP contribution in [0.2, 0.25) is 0 Å². The van der Waals surface area contributed by atoms with E-state index in [2.05, 4.69) is 10.5 Å². The number of benzene rings is 1. The summed E-state index contributed by atoms with van der Waals surface area (Å²) in [6.07, 6.45) is -3.16. The zero-order valence-corrected chi connectivity index (χ0v) is 9.22. The summed E-state index contributed by atoms with van der Waals surface area (Å²) in [5.41, 5.74) is 1.40.